The summed E-state index contributed by atoms with van der Waals surface area (Å²) in [7, 11) is 0. The smallest absolute Gasteiger partial charge is 0.0593 e. The Kier molecular flexibility index (Phi) is 4.59. The lowest BCUT2D eigenvalue weighted by molar-refractivity contribution is -0.00290. The van der Waals surface area contributed by atoms with Crippen LogP contribution in [0.4, 0.5) is 0 Å². The first kappa shape index (κ1) is 15.3. The molecule has 0 spiro atoms. The Balaban J connectivity index is 1.84. The van der Waals surface area contributed by atoms with Crippen molar-refractivity contribution in [1.82, 2.24) is 10.2 Å². The van der Waals surface area contributed by atoms with Gasteiger partial charge in [-0.25, -0.2) is 0 Å². The van der Waals surface area contributed by atoms with Crippen LogP contribution in [0, 0.1) is 11.8 Å². The van der Waals surface area contributed by atoms with Gasteiger partial charge in [0, 0.05) is 37.3 Å². The number of hydrogen-bond acceptors (Lipinski definition) is 3. The second kappa shape index (κ2) is 5.71. The highest BCUT2D eigenvalue weighted by molar-refractivity contribution is 5.06. The molecule has 1 saturated heterocycles. The minimum atomic E-state index is 0.246. The molecule has 2 aliphatic rings. The predicted octanol–water partition coefficient (Wildman–Crippen LogP) is 2.51. The summed E-state index contributed by atoms with van der Waals surface area (Å²) in [6.45, 7) is 16.6. The third-order valence-corrected chi connectivity index (χ3v) is 4.74. The second-order valence-electron chi connectivity index (χ2n) is 7.75. The van der Waals surface area contributed by atoms with Crippen LogP contribution in [-0.2, 0) is 4.74 Å². The van der Waals surface area contributed by atoms with Crippen molar-refractivity contribution in [2.45, 2.75) is 58.5 Å². The lowest BCUT2D eigenvalue weighted by Crippen LogP contribution is -2.68. The molecule has 3 heteroatoms. The van der Waals surface area contributed by atoms with E-state index in [1.807, 2.05) is 0 Å². The van der Waals surface area contributed by atoms with Gasteiger partial charge in [0.1, 0.15) is 0 Å². The molecule has 2 rings (SSSR count). The van der Waals surface area contributed by atoms with E-state index in [-0.39, 0.29) is 5.54 Å². The number of piperazine rings is 1. The van der Waals surface area contributed by atoms with E-state index in [1.54, 1.807) is 0 Å². The molecule has 19 heavy (non-hydrogen) atoms. The highest BCUT2D eigenvalue weighted by Gasteiger charge is 2.47. The van der Waals surface area contributed by atoms with Gasteiger partial charge in [0.25, 0.3) is 0 Å². The molecular weight excluding hydrogens is 236 g/mol. The van der Waals surface area contributed by atoms with Gasteiger partial charge in [-0.3, -0.25) is 4.90 Å². The summed E-state index contributed by atoms with van der Waals surface area (Å²) in [4.78, 5) is 2.63. The first-order valence-electron chi connectivity index (χ1n) is 7.91. The van der Waals surface area contributed by atoms with E-state index in [1.165, 1.54) is 12.8 Å². The minimum absolute atomic E-state index is 0.246. The lowest BCUT2D eigenvalue weighted by atomic mass is 9.86. The third-order valence-electron chi connectivity index (χ3n) is 4.74. The molecule has 3 nitrogen and oxygen atoms in total. The van der Waals surface area contributed by atoms with Crippen LogP contribution in [0.5, 0.6) is 0 Å². The van der Waals surface area contributed by atoms with Gasteiger partial charge >= 0.3 is 0 Å². The van der Waals surface area contributed by atoms with Gasteiger partial charge < -0.3 is 10.1 Å². The average Bonchev–Trinajstić information content (AvgIpc) is 3.13. The fourth-order valence-corrected chi connectivity index (χ4v) is 3.07. The summed E-state index contributed by atoms with van der Waals surface area (Å²) in [6.07, 6.45) is 2.81. The van der Waals surface area contributed by atoms with Crippen LogP contribution in [0.3, 0.4) is 0 Å². The van der Waals surface area contributed by atoms with Crippen LogP contribution >= 0.6 is 0 Å². The Labute approximate surface area is 119 Å². The summed E-state index contributed by atoms with van der Waals surface area (Å²) in [6, 6.07) is 0. The largest absolute Gasteiger partial charge is 0.380 e. The van der Waals surface area contributed by atoms with Crippen molar-refractivity contribution in [2.75, 3.05) is 32.8 Å². The molecule has 1 aliphatic carbocycles. The lowest BCUT2D eigenvalue weighted by Gasteiger charge is -2.51. The van der Waals surface area contributed by atoms with Gasteiger partial charge in [-0.2, -0.15) is 0 Å². The topological polar surface area (TPSA) is 24.5 Å². The first-order chi connectivity index (χ1) is 8.83. The Morgan fingerprint density at radius 1 is 1.26 bits per heavy atom. The van der Waals surface area contributed by atoms with E-state index >= 15 is 0 Å². The van der Waals surface area contributed by atoms with Crippen molar-refractivity contribution >= 4 is 0 Å². The molecule has 1 heterocycles. The first-order valence-corrected chi connectivity index (χ1v) is 7.91. The number of nitrogens with zero attached hydrogens (tertiary/aromatic N) is 1. The van der Waals surface area contributed by atoms with Gasteiger partial charge in [-0.1, -0.05) is 13.8 Å². The fraction of sp³-hybridized carbons (Fsp3) is 1.00. The van der Waals surface area contributed by atoms with Gasteiger partial charge in [-0.05, 0) is 45.4 Å². The molecule has 1 aliphatic heterocycles. The summed E-state index contributed by atoms with van der Waals surface area (Å²) in [5.74, 6) is 1.52. The maximum Gasteiger partial charge on any atom is 0.0593 e. The van der Waals surface area contributed by atoms with Gasteiger partial charge in [0.2, 0.25) is 0 Å². The zero-order valence-corrected chi connectivity index (χ0v) is 13.5. The number of hydrogen-bond donors (Lipinski definition) is 1. The van der Waals surface area contributed by atoms with Crippen molar-refractivity contribution in [3.05, 3.63) is 0 Å². The molecule has 0 aromatic heterocycles. The van der Waals surface area contributed by atoms with E-state index < -0.39 is 0 Å². The standard InChI is InChI=1S/C16H32N2O/c1-13(2)10-19-9-8-18-12-16(5,14-6-7-14)17-11-15(18,3)4/h13-14,17H,6-12H2,1-5H3. The van der Waals surface area contributed by atoms with Crippen LogP contribution in [0.15, 0.2) is 0 Å². The molecular formula is C16H32N2O. The van der Waals surface area contributed by atoms with Crippen molar-refractivity contribution in [3.8, 4) is 0 Å². The SMILES string of the molecule is CC(C)COCCN1CC(C)(C2CC2)NCC1(C)C. The molecule has 1 N–H and O–H groups in total. The van der Waals surface area contributed by atoms with Crippen molar-refractivity contribution < 1.29 is 4.74 Å². The van der Waals surface area contributed by atoms with Crippen LogP contribution in [0.2, 0.25) is 0 Å². The number of nitrogens with one attached hydrogen (secondary N) is 1. The number of ether oxygens (including phenoxy) is 1. The highest BCUT2D eigenvalue weighted by Crippen LogP contribution is 2.42. The molecule has 0 amide bonds. The molecule has 0 aromatic carbocycles. The molecule has 112 valence electrons. The van der Waals surface area contributed by atoms with Crippen LogP contribution in [0.25, 0.3) is 0 Å². The number of rotatable bonds is 6. The Bertz CT molecular complexity index is 299. The Morgan fingerprint density at radius 2 is 1.95 bits per heavy atom. The normalized spacial score (nSPS) is 31.9. The molecule has 1 saturated carbocycles. The molecule has 1 atom stereocenters. The van der Waals surface area contributed by atoms with Crippen LogP contribution in [0.1, 0.15) is 47.5 Å². The minimum Gasteiger partial charge on any atom is -0.380 e. The Morgan fingerprint density at radius 3 is 2.53 bits per heavy atom. The van der Waals surface area contributed by atoms with Crippen LogP contribution < -0.4 is 5.32 Å². The summed E-state index contributed by atoms with van der Waals surface area (Å²) >= 11 is 0. The van der Waals surface area contributed by atoms with Crippen LogP contribution in [-0.4, -0.2) is 48.8 Å². The monoisotopic (exact) mass is 268 g/mol. The van der Waals surface area contributed by atoms with E-state index in [2.05, 4.69) is 44.8 Å². The van der Waals surface area contributed by atoms with Crippen molar-refractivity contribution in [2.24, 2.45) is 11.8 Å². The fourth-order valence-electron chi connectivity index (χ4n) is 3.07. The summed E-state index contributed by atoms with van der Waals surface area (Å²) in [5, 5.41) is 3.80. The zero-order valence-electron chi connectivity index (χ0n) is 13.5. The molecule has 2 fully saturated rings. The summed E-state index contributed by atoms with van der Waals surface area (Å²) in [5.41, 5.74) is 0.573. The molecule has 1 unspecified atom stereocenters. The zero-order chi connectivity index (χ0) is 14.1. The quantitative estimate of drug-likeness (QED) is 0.749. The van der Waals surface area contributed by atoms with Gasteiger partial charge in [-0.15, -0.1) is 0 Å². The van der Waals surface area contributed by atoms with E-state index in [9.17, 15) is 0 Å². The summed E-state index contributed by atoms with van der Waals surface area (Å²) < 4.78 is 5.77. The second-order valence-corrected chi connectivity index (χ2v) is 7.75. The maximum absolute atomic E-state index is 5.77. The molecule has 0 bridgehead atoms. The van der Waals surface area contributed by atoms with Crippen molar-refractivity contribution in [3.63, 3.8) is 0 Å². The highest BCUT2D eigenvalue weighted by atomic mass is 16.5. The molecule has 0 aromatic rings. The third kappa shape index (κ3) is 3.93. The predicted molar refractivity (Wildman–Crippen MR) is 80.4 cm³/mol. The van der Waals surface area contributed by atoms with Gasteiger partial charge in [0.15, 0.2) is 0 Å². The van der Waals surface area contributed by atoms with Crippen molar-refractivity contribution in [1.29, 1.82) is 0 Å². The Hall–Kier alpha value is -0.120. The van der Waals surface area contributed by atoms with Gasteiger partial charge in [0.05, 0.1) is 6.61 Å². The maximum atomic E-state index is 5.77. The molecule has 0 radical (unpaired) electrons. The average molecular weight is 268 g/mol. The van der Waals surface area contributed by atoms with E-state index in [4.69, 9.17) is 4.74 Å². The van der Waals surface area contributed by atoms with E-state index in [0.29, 0.717) is 11.5 Å². The van der Waals surface area contributed by atoms with E-state index in [0.717, 1.165) is 38.8 Å².